The predicted molar refractivity (Wildman–Crippen MR) is 225 cm³/mol. The highest BCUT2D eigenvalue weighted by atomic mass is 16.3. The molecule has 1 aromatic heterocycles. The second kappa shape index (κ2) is 14.3. The Balaban J connectivity index is 1.96. The molecule has 0 aliphatic heterocycles. The lowest BCUT2D eigenvalue weighted by atomic mass is 9.78. The van der Waals surface area contributed by atoms with Crippen molar-refractivity contribution in [2.24, 2.45) is 0 Å². The summed E-state index contributed by atoms with van der Waals surface area (Å²) in [5.74, 6) is 3.04. The van der Waals surface area contributed by atoms with E-state index in [9.17, 15) is 15.3 Å². The summed E-state index contributed by atoms with van der Waals surface area (Å²) in [4.78, 5) is 15.4. The van der Waals surface area contributed by atoms with Gasteiger partial charge in [-0.1, -0.05) is 161 Å². The number of hydrogen-bond acceptors (Lipinski definition) is 6. The molecule has 0 saturated heterocycles. The normalized spacial score (nSPS) is 13.4. The first-order valence-electron chi connectivity index (χ1n) is 19.6. The van der Waals surface area contributed by atoms with Gasteiger partial charge in [0.05, 0.1) is 0 Å². The molecule has 6 heteroatoms. The summed E-state index contributed by atoms with van der Waals surface area (Å²) in [6.45, 7) is 38.3. The van der Waals surface area contributed by atoms with Gasteiger partial charge < -0.3 is 15.3 Å². The number of phenolic OH excluding ortho intramolecular Hbond substituents is 3. The number of nitrogens with zero attached hydrogens (tertiary/aromatic N) is 3. The van der Waals surface area contributed by atoms with Gasteiger partial charge in [-0.2, -0.15) is 0 Å². The van der Waals surface area contributed by atoms with Gasteiger partial charge >= 0.3 is 0 Å². The lowest BCUT2D eigenvalue weighted by Gasteiger charge is -2.28. The van der Waals surface area contributed by atoms with Gasteiger partial charge in [-0.25, -0.2) is 15.0 Å². The second-order valence-corrected chi connectivity index (χ2v) is 21.7. The van der Waals surface area contributed by atoms with Gasteiger partial charge in [-0.3, -0.25) is 0 Å². The third-order valence-corrected chi connectivity index (χ3v) is 10.2. The second-order valence-electron chi connectivity index (χ2n) is 21.7. The number of rotatable bonds is 6. The van der Waals surface area contributed by atoms with Crippen molar-refractivity contribution >= 4 is 0 Å². The Labute approximate surface area is 326 Å². The van der Waals surface area contributed by atoms with Crippen LogP contribution in [0.1, 0.15) is 192 Å². The van der Waals surface area contributed by atoms with Crippen LogP contribution < -0.4 is 0 Å². The van der Waals surface area contributed by atoms with E-state index in [0.717, 1.165) is 50.1 Å². The average molecular weight is 736 g/mol. The quantitative estimate of drug-likeness (QED) is 0.182. The molecule has 0 saturated carbocycles. The van der Waals surface area contributed by atoms with Crippen LogP contribution >= 0.6 is 0 Å². The SMILES string of the molecule is CC(C)(C)c1cc(Cc2nc(Cc3cc(C(C)(C)C)c(O)c(C(C)(C)C)c3)nc(Cc3cc(C(C)(C)C)c(O)c(C(C)(C)C)c3)n2)cc(C(C)(C)C)c1O. The van der Waals surface area contributed by atoms with Gasteiger partial charge in [0.25, 0.3) is 0 Å². The monoisotopic (exact) mass is 736 g/mol. The maximum absolute atomic E-state index is 11.4. The molecule has 4 aromatic rings. The molecule has 0 amide bonds. The van der Waals surface area contributed by atoms with Gasteiger partial charge in [0.2, 0.25) is 0 Å². The van der Waals surface area contributed by atoms with Gasteiger partial charge in [0.15, 0.2) is 0 Å². The van der Waals surface area contributed by atoms with Crippen LogP contribution in [-0.4, -0.2) is 30.3 Å². The maximum Gasteiger partial charge on any atom is 0.137 e. The number of aromatic nitrogens is 3. The van der Waals surface area contributed by atoms with Crippen molar-refractivity contribution in [3.05, 3.63) is 104 Å². The van der Waals surface area contributed by atoms with Gasteiger partial charge in [-0.15, -0.1) is 0 Å². The van der Waals surface area contributed by atoms with Crippen LogP contribution in [0, 0.1) is 0 Å². The van der Waals surface area contributed by atoms with Crippen LogP contribution in [0.5, 0.6) is 17.2 Å². The topological polar surface area (TPSA) is 99.4 Å². The van der Waals surface area contributed by atoms with Crippen LogP contribution in [0.15, 0.2) is 36.4 Å². The summed E-state index contributed by atoms with van der Waals surface area (Å²) < 4.78 is 0. The summed E-state index contributed by atoms with van der Waals surface area (Å²) >= 11 is 0. The van der Waals surface area contributed by atoms with Crippen LogP contribution in [0.4, 0.5) is 0 Å². The average Bonchev–Trinajstić information content (AvgIpc) is 2.96. The van der Waals surface area contributed by atoms with Crippen molar-refractivity contribution in [2.75, 3.05) is 0 Å². The van der Waals surface area contributed by atoms with Gasteiger partial charge in [-0.05, 0) is 82.6 Å². The Kier molecular flexibility index (Phi) is 11.3. The fraction of sp³-hybridized carbons (Fsp3) is 0.562. The van der Waals surface area contributed by atoms with E-state index in [1.807, 2.05) is 0 Å². The minimum Gasteiger partial charge on any atom is -0.507 e. The Morgan fingerprint density at radius 2 is 0.463 bits per heavy atom. The van der Waals surface area contributed by atoms with Crippen LogP contribution in [0.25, 0.3) is 0 Å². The molecule has 6 nitrogen and oxygen atoms in total. The van der Waals surface area contributed by atoms with E-state index in [0.29, 0.717) is 54.0 Å². The molecule has 0 bridgehead atoms. The number of hydrogen-bond donors (Lipinski definition) is 3. The molecule has 0 aliphatic carbocycles. The summed E-state index contributed by atoms with van der Waals surface area (Å²) in [5.41, 5.74) is 6.94. The molecule has 1 heterocycles. The highest BCUT2D eigenvalue weighted by Gasteiger charge is 2.30. The van der Waals surface area contributed by atoms with E-state index in [4.69, 9.17) is 15.0 Å². The fourth-order valence-electron chi connectivity index (χ4n) is 7.13. The van der Waals surface area contributed by atoms with Crippen molar-refractivity contribution in [2.45, 2.75) is 176 Å². The van der Waals surface area contributed by atoms with Crippen molar-refractivity contribution in [3.63, 3.8) is 0 Å². The molecule has 0 radical (unpaired) electrons. The molecular weight excluding hydrogens is 667 g/mol. The molecular formula is C48H69N3O3. The molecule has 4 rings (SSSR count). The predicted octanol–water partition coefficient (Wildman–Crippen LogP) is 11.5. The highest BCUT2D eigenvalue weighted by molar-refractivity contribution is 5.53. The number of phenols is 3. The molecule has 294 valence electrons. The third kappa shape index (κ3) is 9.83. The van der Waals surface area contributed by atoms with E-state index < -0.39 is 0 Å². The molecule has 0 aliphatic rings. The Morgan fingerprint density at radius 1 is 0.315 bits per heavy atom. The summed E-state index contributed by atoms with van der Waals surface area (Å²) in [6.07, 6.45) is 1.42. The van der Waals surface area contributed by atoms with E-state index in [1.54, 1.807) is 0 Å². The molecule has 0 fully saturated rings. The maximum atomic E-state index is 11.4. The Morgan fingerprint density at radius 3 is 0.593 bits per heavy atom. The molecule has 0 unspecified atom stereocenters. The highest BCUT2D eigenvalue weighted by Crippen LogP contribution is 2.43. The lowest BCUT2D eigenvalue weighted by Crippen LogP contribution is -2.19. The first-order valence-corrected chi connectivity index (χ1v) is 19.6. The summed E-state index contributed by atoms with van der Waals surface area (Å²) in [5, 5.41) is 34.3. The largest absolute Gasteiger partial charge is 0.507 e. The van der Waals surface area contributed by atoms with Crippen molar-refractivity contribution < 1.29 is 15.3 Å². The van der Waals surface area contributed by atoms with Crippen molar-refractivity contribution in [3.8, 4) is 17.2 Å². The first-order chi connectivity index (χ1) is 24.3. The van der Waals surface area contributed by atoms with Crippen molar-refractivity contribution in [1.29, 1.82) is 0 Å². The molecule has 0 atom stereocenters. The van der Waals surface area contributed by atoms with Crippen molar-refractivity contribution in [1.82, 2.24) is 15.0 Å². The zero-order valence-corrected chi connectivity index (χ0v) is 36.8. The molecule has 3 aromatic carbocycles. The van der Waals surface area contributed by atoms with E-state index in [-0.39, 0.29) is 32.5 Å². The number of aromatic hydroxyl groups is 3. The minimum absolute atomic E-state index is 0.266. The Hall–Kier alpha value is -3.93. The molecule has 0 spiro atoms. The fourth-order valence-corrected chi connectivity index (χ4v) is 7.13. The summed E-state index contributed by atoms with van der Waals surface area (Å²) in [6, 6.07) is 12.6. The standard InChI is InChI=1S/C48H69N3O3/c1-43(2,3)31-19-28(20-32(40(31)52)44(4,5)6)25-37-49-38(26-29-21-33(45(7,8)9)41(53)34(22-29)46(10,11)12)51-39(50-37)27-30-23-35(47(13,14)15)42(54)36(24-30)48(16,17)18/h19-24,52-54H,25-27H2,1-18H3. The van der Waals surface area contributed by atoms with Gasteiger partial charge in [0, 0.05) is 19.3 Å². The first kappa shape index (κ1) is 42.8. The third-order valence-electron chi connectivity index (χ3n) is 10.2. The van der Waals surface area contributed by atoms with Crippen LogP contribution in [0.2, 0.25) is 0 Å². The zero-order chi connectivity index (χ0) is 41.1. The van der Waals surface area contributed by atoms with E-state index >= 15 is 0 Å². The summed E-state index contributed by atoms with van der Waals surface area (Å²) in [7, 11) is 0. The van der Waals surface area contributed by atoms with Crippen LogP contribution in [0.3, 0.4) is 0 Å². The lowest BCUT2D eigenvalue weighted by molar-refractivity contribution is 0.422. The number of benzene rings is 3. The van der Waals surface area contributed by atoms with Gasteiger partial charge in [0.1, 0.15) is 34.7 Å². The van der Waals surface area contributed by atoms with Crippen LogP contribution in [-0.2, 0) is 51.8 Å². The smallest absolute Gasteiger partial charge is 0.137 e. The zero-order valence-electron chi connectivity index (χ0n) is 36.8. The molecule has 3 N–H and O–H groups in total. The minimum atomic E-state index is -0.266. The molecule has 54 heavy (non-hydrogen) atoms. The van der Waals surface area contributed by atoms with E-state index in [2.05, 4.69) is 161 Å². The van der Waals surface area contributed by atoms with E-state index in [1.165, 1.54) is 0 Å². The Bertz CT molecular complexity index is 1670.